The Morgan fingerprint density at radius 2 is 1.92 bits per heavy atom. The van der Waals surface area contributed by atoms with Crippen molar-refractivity contribution in [1.82, 2.24) is 0 Å². The number of benzene rings is 2. The summed E-state index contributed by atoms with van der Waals surface area (Å²) in [7, 11) is 0. The van der Waals surface area contributed by atoms with Crippen molar-refractivity contribution in [3.8, 4) is 0 Å². The van der Waals surface area contributed by atoms with Gasteiger partial charge in [0.1, 0.15) is 0 Å². The highest BCUT2D eigenvalue weighted by Gasteiger charge is 2.30. The number of nitro benzene ring substituents is 1. The number of alkyl halides is 3. The lowest BCUT2D eigenvalue weighted by Crippen LogP contribution is -2.08. The number of nitrogens with one attached hydrogen (secondary N) is 1. The highest BCUT2D eigenvalue weighted by Crippen LogP contribution is 2.32. The van der Waals surface area contributed by atoms with Gasteiger partial charge in [0.2, 0.25) is 5.91 Å². The second-order valence-electron chi connectivity index (χ2n) is 4.86. The fourth-order valence-electron chi connectivity index (χ4n) is 1.89. The summed E-state index contributed by atoms with van der Waals surface area (Å²) in [4.78, 5) is 21.9. The Hall–Kier alpha value is -2.87. The van der Waals surface area contributed by atoms with Crippen molar-refractivity contribution < 1.29 is 22.9 Å². The highest BCUT2D eigenvalue weighted by molar-refractivity contribution is 6.32. The average molecular weight is 371 g/mol. The van der Waals surface area contributed by atoms with Crippen LogP contribution in [-0.4, -0.2) is 10.8 Å². The van der Waals surface area contributed by atoms with Crippen molar-refractivity contribution in [2.75, 3.05) is 5.32 Å². The van der Waals surface area contributed by atoms with Gasteiger partial charge in [-0.1, -0.05) is 17.7 Å². The lowest BCUT2D eigenvalue weighted by atomic mass is 10.1. The molecule has 2 rings (SSSR count). The van der Waals surface area contributed by atoms with Crippen LogP contribution in [0.5, 0.6) is 0 Å². The van der Waals surface area contributed by atoms with Crippen LogP contribution in [0.4, 0.5) is 24.5 Å². The number of amides is 1. The Morgan fingerprint density at radius 3 is 2.56 bits per heavy atom. The molecule has 5 nitrogen and oxygen atoms in total. The van der Waals surface area contributed by atoms with Crippen molar-refractivity contribution in [1.29, 1.82) is 0 Å². The van der Waals surface area contributed by atoms with E-state index in [-0.39, 0.29) is 22.0 Å². The summed E-state index contributed by atoms with van der Waals surface area (Å²) in [5.74, 6) is -0.672. The van der Waals surface area contributed by atoms with Crippen LogP contribution in [-0.2, 0) is 11.0 Å². The fourth-order valence-corrected chi connectivity index (χ4v) is 2.07. The number of carbonyl (C=O) groups is 1. The quantitative estimate of drug-likeness (QED) is 0.471. The summed E-state index contributed by atoms with van der Waals surface area (Å²) >= 11 is 5.82. The molecular formula is C16H10ClF3N2O3. The first kappa shape index (κ1) is 18.5. The topological polar surface area (TPSA) is 72.2 Å². The minimum absolute atomic E-state index is 0.0192. The highest BCUT2D eigenvalue weighted by atomic mass is 35.5. The van der Waals surface area contributed by atoms with Crippen molar-refractivity contribution >= 4 is 35.0 Å². The zero-order valence-corrected chi connectivity index (χ0v) is 13.1. The van der Waals surface area contributed by atoms with E-state index in [0.29, 0.717) is 0 Å². The van der Waals surface area contributed by atoms with Crippen molar-refractivity contribution in [2.24, 2.45) is 0 Å². The number of rotatable bonds is 4. The van der Waals surface area contributed by atoms with Gasteiger partial charge in [-0.2, -0.15) is 13.2 Å². The Balaban J connectivity index is 2.15. The summed E-state index contributed by atoms with van der Waals surface area (Å²) in [5.41, 5.74) is -0.900. The summed E-state index contributed by atoms with van der Waals surface area (Å²) in [6.07, 6.45) is -2.41. The first-order valence-corrected chi connectivity index (χ1v) is 7.15. The molecule has 0 aliphatic rings. The van der Waals surface area contributed by atoms with Crippen molar-refractivity contribution in [3.05, 3.63) is 74.8 Å². The molecule has 0 aliphatic carbocycles. The first-order chi connectivity index (χ1) is 11.7. The third-order valence-electron chi connectivity index (χ3n) is 3.06. The molecule has 130 valence electrons. The van der Waals surface area contributed by atoms with Gasteiger partial charge >= 0.3 is 6.18 Å². The number of carbonyl (C=O) groups excluding carboxylic acids is 1. The monoisotopic (exact) mass is 370 g/mol. The van der Waals surface area contributed by atoms with E-state index in [1.165, 1.54) is 18.2 Å². The largest absolute Gasteiger partial charge is 0.416 e. The first-order valence-electron chi connectivity index (χ1n) is 6.77. The molecule has 2 aromatic carbocycles. The molecule has 0 fully saturated rings. The normalized spacial score (nSPS) is 11.5. The van der Waals surface area contributed by atoms with Crippen LogP contribution in [0.1, 0.15) is 11.1 Å². The maximum absolute atomic E-state index is 12.7. The molecule has 0 bridgehead atoms. The molecule has 0 spiro atoms. The van der Waals surface area contributed by atoms with E-state index < -0.39 is 22.6 Å². The summed E-state index contributed by atoms with van der Waals surface area (Å²) in [5, 5.41) is 13.1. The number of anilines is 1. The van der Waals surface area contributed by atoms with Gasteiger partial charge in [-0.15, -0.1) is 0 Å². The van der Waals surface area contributed by atoms with Crippen LogP contribution >= 0.6 is 11.6 Å². The van der Waals surface area contributed by atoms with Crippen LogP contribution in [0, 0.1) is 10.1 Å². The van der Waals surface area contributed by atoms with Gasteiger partial charge in [-0.05, 0) is 35.9 Å². The zero-order chi connectivity index (χ0) is 18.6. The SMILES string of the molecule is O=C(/C=C/c1cc(C(F)(F)F)ccc1Cl)Nc1cccc([N+](=O)[O-])c1. The summed E-state index contributed by atoms with van der Waals surface area (Å²) in [6.45, 7) is 0. The lowest BCUT2D eigenvalue weighted by Gasteiger charge is -2.08. The molecule has 0 atom stereocenters. The molecular weight excluding hydrogens is 361 g/mol. The molecule has 0 unspecified atom stereocenters. The minimum atomic E-state index is -4.53. The predicted octanol–water partition coefficient (Wildman–Crippen LogP) is 4.92. The molecule has 0 saturated carbocycles. The standard InChI is InChI=1S/C16H10ClF3N2O3/c17-14-6-5-11(16(18,19)20)8-10(14)4-7-15(23)21-12-2-1-3-13(9-12)22(24)25/h1-9H,(H,21,23)/b7-4+. The molecule has 1 amide bonds. The van der Waals surface area contributed by atoms with Crippen LogP contribution < -0.4 is 5.32 Å². The maximum atomic E-state index is 12.7. The third-order valence-corrected chi connectivity index (χ3v) is 3.41. The van der Waals surface area contributed by atoms with E-state index in [9.17, 15) is 28.1 Å². The maximum Gasteiger partial charge on any atom is 0.416 e. The van der Waals surface area contributed by atoms with Crippen LogP contribution in [0.25, 0.3) is 6.08 Å². The van der Waals surface area contributed by atoms with E-state index in [4.69, 9.17) is 11.6 Å². The van der Waals surface area contributed by atoms with Gasteiger partial charge in [0, 0.05) is 28.9 Å². The van der Waals surface area contributed by atoms with E-state index in [1.807, 2.05) is 0 Å². The van der Waals surface area contributed by atoms with E-state index in [0.717, 1.165) is 36.4 Å². The van der Waals surface area contributed by atoms with Crippen molar-refractivity contribution in [2.45, 2.75) is 6.18 Å². The molecule has 25 heavy (non-hydrogen) atoms. The predicted molar refractivity (Wildman–Crippen MR) is 87.2 cm³/mol. The molecule has 0 aliphatic heterocycles. The van der Waals surface area contributed by atoms with Gasteiger partial charge in [0.05, 0.1) is 10.5 Å². The van der Waals surface area contributed by atoms with Gasteiger partial charge in [0.15, 0.2) is 0 Å². The molecule has 2 aromatic rings. The number of hydrogen-bond donors (Lipinski definition) is 1. The van der Waals surface area contributed by atoms with E-state index >= 15 is 0 Å². The number of hydrogen-bond acceptors (Lipinski definition) is 3. The third kappa shape index (κ3) is 5.05. The molecule has 1 N–H and O–H groups in total. The van der Waals surface area contributed by atoms with Gasteiger partial charge in [-0.3, -0.25) is 14.9 Å². The van der Waals surface area contributed by atoms with Gasteiger partial charge in [-0.25, -0.2) is 0 Å². The molecule has 0 radical (unpaired) electrons. The molecule has 0 heterocycles. The average Bonchev–Trinajstić information content (AvgIpc) is 2.53. The number of non-ortho nitro benzene ring substituents is 1. The lowest BCUT2D eigenvalue weighted by molar-refractivity contribution is -0.384. The minimum Gasteiger partial charge on any atom is -0.322 e. The molecule has 0 saturated heterocycles. The second-order valence-corrected chi connectivity index (χ2v) is 5.27. The number of halogens is 4. The van der Waals surface area contributed by atoms with Crippen LogP contribution in [0.3, 0.4) is 0 Å². The Morgan fingerprint density at radius 1 is 1.20 bits per heavy atom. The van der Waals surface area contributed by atoms with Gasteiger partial charge < -0.3 is 5.32 Å². The van der Waals surface area contributed by atoms with E-state index in [1.54, 1.807) is 0 Å². The van der Waals surface area contributed by atoms with Crippen LogP contribution in [0.2, 0.25) is 5.02 Å². The zero-order valence-electron chi connectivity index (χ0n) is 12.4. The Kier molecular flexibility index (Phi) is 5.43. The van der Waals surface area contributed by atoms with Crippen molar-refractivity contribution in [3.63, 3.8) is 0 Å². The fraction of sp³-hybridized carbons (Fsp3) is 0.0625. The summed E-state index contributed by atoms with van der Waals surface area (Å²) in [6, 6.07) is 7.98. The Bertz CT molecular complexity index is 851. The Labute approximate surface area is 144 Å². The van der Waals surface area contributed by atoms with E-state index in [2.05, 4.69) is 5.32 Å². The molecule has 9 heteroatoms. The summed E-state index contributed by atoms with van der Waals surface area (Å²) < 4.78 is 38.1. The number of nitro groups is 1. The number of nitrogens with zero attached hydrogens (tertiary/aromatic N) is 1. The smallest absolute Gasteiger partial charge is 0.322 e. The molecule has 0 aromatic heterocycles. The second kappa shape index (κ2) is 7.35. The van der Waals surface area contributed by atoms with Gasteiger partial charge in [0.25, 0.3) is 5.69 Å². The van der Waals surface area contributed by atoms with Crippen LogP contribution in [0.15, 0.2) is 48.5 Å².